The molecule has 4 aromatic rings. The lowest BCUT2D eigenvalue weighted by atomic mass is 10.2. The van der Waals surface area contributed by atoms with Crippen LogP contribution in [-0.2, 0) is 9.59 Å². The van der Waals surface area contributed by atoms with Crippen molar-refractivity contribution in [2.24, 2.45) is 0 Å². The van der Waals surface area contributed by atoms with Crippen LogP contribution in [0.3, 0.4) is 0 Å². The quantitative estimate of drug-likeness (QED) is 0.449. The Morgan fingerprint density at radius 1 is 0.900 bits per heavy atom. The van der Waals surface area contributed by atoms with Gasteiger partial charge in [-0.3, -0.25) is 9.59 Å². The Hall–Kier alpha value is -3.65. The third kappa shape index (κ3) is 4.04. The number of amides is 2. The molecule has 0 saturated heterocycles. The first-order valence-electron chi connectivity index (χ1n) is 8.95. The van der Waals surface area contributed by atoms with E-state index in [1.807, 2.05) is 24.4 Å². The van der Waals surface area contributed by atoms with Crippen LogP contribution in [0.25, 0.3) is 20.8 Å². The molecular formula is C22H15F2N3O2S. The van der Waals surface area contributed by atoms with E-state index in [0.29, 0.717) is 5.69 Å². The molecule has 0 aliphatic carbocycles. The van der Waals surface area contributed by atoms with Gasteiger partial charge in [0.2, 0.25) is 0 Å². The van der Waals surface area contributed by atoms with Crippen LogP contribution >= 0.6 is 11.3 Å². The van der Waals surface area contributed by atoms with Crippen molar-refractivity contribution in [1.29, 1.82) is 0 Å². The van der Waals surface area contributed by atoms with Gasteiger partial charge in [-0.2, -0.15) is 0 Å². The number of fused-ring (bicyclic) bond motifs is 1. The molecule has 2 amide bonds. The highest BCUT2D eigenvalue weighted by molar-refractivity contribution is 7.21. The molecule has 0 atom stereocenters. The number of benzene rings is 3. The first-order valence-corrected chi connectivity index (χ1v) is 9.76. The average molecular weight is 423 g/mol. The Kier molecular flexibility index (Phi) is 5.24. The minimum Gasteiger partial charge on any atom is -0.318 e. The van der Waals surface area contributed by atoms with Gasteiger partial charge in [0.1, 0.15) is 22.3 Å². The zero-order chi connectivity index (χ0) is 21.3. The molecule has 30 heavy (non-hydrogen) atoms. The molecule has 0 saturated carbocycles. The number of carbonyl (C=O) groups is 2. The van der Waals surface area contributed by atoms with Crippen LogP contribution in [0, 0.1) is 18.6 Å². The van der Waals surface area contributed by atoms with E-state index in [1.165, 1.54) is 0 Å². The highest BCUT2D eigenvalue weighted by Gasteiger charge is 2.18. The van der Waals surface area contributed by atoms with Gasteiger partial charge in [-0.25, -0.2) is 13.8 Å². The van der Waals surface area contributed by atoms with E-state index < -0.39 is 29.1 Å². The summed E-state index contributed by atoms with van der Waals surface area (Å²) in [5, 5.41) is 5.18. The summed E-state index contributed by atoms with van der Waals surface area (Å²) in [5.41, 5.74) is 2.63. The van der Waals surface area contributed by atoms with E-state index in [4.69, 9.17) is 0 Å². The molecule has 0 radical (unpaired) electrons. The van der Waals surface area contributed by atoms with Crippen molar-refractivity contribution in [3.8, 4) is 10.6 Å². The van der Waals surface area contributed by atoms with Crippen LogP contribution in [0.5, 0.6) is 0 Å². The van der Waals surface area contributed by atoms with Crippen molar-refractivity contribution in [3.05, 3.63) is 77.9 Å². The number of nitrogens with one attached hydrogen (secondary N) is 2. The Balaban J connectivity index is 1.46. The summed E-state index contributed by atoms with van der Waals surface area (Å²) in [4.78, 5) is 28.6. The lowest BCUT2D eigenvalue weighted by Gasteiger charge is -2.08. The molecule has 150 valence electrons. The van der Waals surface area contributed by atoms with Crippen LogP contribution in [0.4, 0.5) is 20.2 Å². The molecule has 0 bridgehead atoms. The van der Waals surface area contributed by atoms with Crippen molar-refractivity contribution in [2.75, 3.05) is 10.6 Å². The Morgan fingerprint density at radius 3 is 2.27 bits per heavy atom. The number of thiazole rings is 1. The van der Waals surface area contributed by atoms with Gasteiger partial charge in [-0.15, -0.1) is 11.3 Å². The highest BCUT2D eigenvalue weighted by Crippen LogP contribution is 2.31. The smallest absolute Gasteiger partial charge is 0.314 e. The number of anilines is 2. The minimum absolute atomic E-state index is 0.366. The molecule has 0 aliphatic rings. The molecule has 1 aromatic heterocycles. The fourth-order valence-electron chi connectivity index (χ4n) is 2.83. The number of halogens is 2. The molecule has 1 heterocycles. The van der Waals surface area contributed by atoms with E-state index >= 15 is 0 Å². The second-order valence-corrected chi connectivity index (χ2v) is 7.60. The molecule has 0 spiro atoms. The van der Waals surface area contributed by atoms with E-state index in [2.05, 4.69) is 16.4 Å². The van der Waals surface area contributed by atoms with Gasteiger partial charge in [0.25, 0.3) is 0 Å². The van der Waals surface area contributed by atoms with Crippen molar-refractivity contribution >= 4 is 44.7 Å². The zero-order valence-electron chi connectivity index (χ0n) is 15.7. The number of aryl methyl sites for hydroxylation is 1. The molecule has 0 unspecified atom stereocenters. The molecule has 5 nitrogen and oxygen atoms in total. The van der Waals surface area contributed by atoms with E-state index in [-0.39, 0.29) is 0 Å². The molecule has 0 aliphatic heterocycles. The van der Waals surface area contributed by atoms with E-state index in [9.17, 15) is 18.4 Å². The molecule has 0 fully saturated rings. The molecule has 4 rings (SSSR count). The maximum absolute atomic E-state index is 13.6. The Labute approximate surface area is 174 Å². The third-order valence-corrected chi connectivity index (χ3v) is 5.41. The minimum atomic E-state index is -1.18. The summed E-state index contributed by atoms with van der Waals surface area (Å²) in [7, 11) is 0. The lowest BCUT2D eigenvalue weighted by Crippen LogP contribution is -2.29. The summed E-state index contributed by atoms with van der Waals surface area (Å²) in [6.45, 7) is 2.02. The summed E-state index contributed by atoms with van der Waals surface area (Å²) in [6.07, 6.45) is 0. The number of nitrogens with zero attached hydrogens (tertiary/aromatic N) is 1. The first kappa shape index (κ1) is 19.7. The summed E-state index contributed by atoms with van der Waals surface area (Å²) < 4.78 is 28.3. The largest absolute Gasteiger partial charge is 0.318 e. The second kappa shape index (κ2) is 8.00. The number of rotatable bonds is 3. The van der Waals surface area contributed by atoms with E-state index in [1.54, 1.807) is 35.6 Å². The fraction of sp³-hybridized carbons (Fsp3) is 0.0455. The predicted molar refractivity (Wildman–Crippen MR) is 113 cm³/mol. The van der Waals surface area contributed by atoms with Gasteiger partial charge in [0, 0.05) is 11.3 Å². The van der Waals surface area contributed by atoms with Gasteiger partial charge in [-0.1, -0.05) is 12.1 Å². The van der Waals surface area contributed by atoms with Gasteiger partial charge in [0.05, 0.1) is 10.2 Å². The topological polar surface area (TPSA) is 71.1 Å². The maximum atomic E-state index is 13.6. The second-order valence-electron chi connectivity index (χ2n) is 6.57. The molecule has 3 aromatic carbocycles. The summed E-state index contributed by atoms with van der Waals surface area (Å²) in [6, 6.07) is 16.0. The average Bonchev–Trinajstić information content (AvgIpc) is 3.14. The first-order chi connectivity index (χ1) is 14.4. The van der Waals surface area contributed by atoms with Crippen molar-refractivity contribution in [1.82, 2.24) is 4.98 Å². The van der Waals surface area contributed by atoms with Gasteiger partial charge < -0.3 is 10.6 Å². The normalized spacial score (nSPS) is 10.8. The number of hydrogen-bond donors (Lipinski definition) is 2. The molecule has 8 heteroatoms. The van der Waals surface area contributed by atoms with Crippen LogP contribution in [0.2, 0.25) is 0 Å². The number of para-hydroxylation sites is 1. The third-order valence-electron chi connectivity index (χ3n) is 4.34. The van der Waals surface area contributed by atoms with Gasteiger partial charge >= 0.3 is 11.8 Å². The number of aromatic nitrogens is 1. The zero-order valence-corrected chi connectivity index (χ0v) is 16.5. The Bertz CT molecular complexity index is 1250. The molecule has 2 N–H and O–H groups in total. The lowest BCUT2D eigenvalue weighted by molar-refractivity contribution is -0.133. The molecular weight excluding hydrogens is 408 g/mol. The van der Waals surface area contributed by atoms with Crippen LogP contribution < -0.4 is 10.6 Å². The maximum Gasteiger partial charge on any atom is 0.314 e. The van der Waals surface area contributed by atoms with Gasteiger partial charge in [-0.05, 0) is 61.0 Å². The highest BCUT2D eigenvalue weighted by atomic mass is 32.1. The van der Waals surface area contributed by atoms with Crippen LogP contribution in [0.1, 0.15) is 5.56 Å². The number of hydrogen-bond acceptors (Lipinski definition) is 4. The monoisotopic (exact) mass is 423 g/mol. The fourth-order valence-corrected chi connectivity index (χ4v) is 3.90. The predicted octanol–water partition coefficient (Wildman–Crippen LogP) is 5.13. The number of carbonyl (C=O) groups excluding carboxylic acids is 2. The van der Waals surface area contributed by atoms with E-state index in [0.717, 1.165) is 44.6 Å². The Morgan fingerprint density at radius 2 is 1.57 bits per heavy atom. The van der Waals surface area contributed by atoms with Crippen molar-refractivity contribution < 1.29 is 18.4 Å². The standard InChI is InChI=1S/C22H15F2N3O2S/c1-12-5-10-17-18(11-12)30-22(26-17)13-6-8-14(9-7-13)25-20(28)21(29)27-19-15(23)3-2-4-16(19)24/h2-11H,1H3,(H,25,28)(H,27,29). The van der Waals surface area contributed by atoms with Crippen LogP contribution in [-0.4, -0.2) is 16.8 Å². The van der Waals surface area contributed by atoms with Crippen molar-refractivity contribution in [3.63, 3.8) is 0 Å². The van der Waals surface area contributed by atoms with Crippen molar-refractivity contribution in [2.45, 2.75) is 6.92 Å². The van der Waals surface area contributed by atoms with Gasteiger partial charge in [0.15, 0.2) is 0 Å². The summed E-state index contributed by atoms with van der Waals surface area (Å²) in [5.74, 6) is -4.15. The summed E-state index contributed by atoms with van der Waals surface area (Å²) >= 11 is 1.56. The SMILES string of the molecule is Cc1ccc2nc(-c3ccc(NC(=O)C(=O)Nc4c(F)cccc4F)cc3)sc2c1. The van der Waals surface area contributed by atoms with Crippen LogP contribution in [0.15, 0.2) is 60.7 Å².